The molecule has 108 valence electrons. The van der Waals surface area contributed by atoms with Crippen LogP contribution in [0.25, 0.3) is 0 Å². The molecule has 1 rings (SSSR count). The van der Waals surface area contributed by atoms with E-state index in [0.29, 0.717) is 6.61 Å². The van der Waals surface area contributed by atoms with Crippen LogP contribution in [0.4, 0.5) is 0 Å². The second-order valence-corrected chi connectivity index (χ2v) is 5.80. The molecular formula is C14H22ClNO2S. The summed E-state index contributed by atoms with van der Waals surface area (Å²) in [6.45, 7) is 5.13. The number of ether oxygens (including phenoxy) is 2. The highest BCUT2D eigenvalue weighted by Gasteiger charge is 2.04. The normalized spacial score (nSPS) is 10.7. The fourth-order valence-electron chi connectivity index (χ4n) is 1.58. The Morgan fingerprint density at radius 3 is 2.89 bits per heavy atom. The minimum atomic E-state index is 0.698. The standard InChI is InChI=1S/C14H22ClNO2S/c1-3-19-9-8-18-14-5-4-13(15)10-12(14)11-16-6-7-17-2/h4-5,10,16H,3,6-9,11H2,1-2H3. The first-order valence-corrected chi connectivity index (χ1v) is 7.99. The molecule has 5 heteroatoms. The van der Waals surface area contributed by atoms with Crippen LogP contribution in [0.1, 0.15) is 12.5 Å². The predicted octanol–water partition coefficient (Wildman–Crippen LogP) is 3.21. The zero-order valence-corrected chi connectivity index (χ0v) is 13.1. The SMILES string of the molecule is CCSCCOc1ccc(Cl)cc1CNCCOC. The van der Waals surface area contributed by atoms with Crippen LogP contribution in [0.5, 0.6) is 5.75 Å². The molecule has 0 unspecified atom stereocenters. The van der Waals surface area contributed by atoms with Gasteiger partial charge in [0, 0.05) is 36.5 Å². The molecule has 3 nitrogen and oxygen atoms in total. The van der Waals surface area contributed by atoms with Crippen LogP contribution >= 0.6 is 23.4 Å². The summed E-state index contributed by atoms with van der Waals surface area (Å²) in [5, 5.41) is 4.04. The Morgan fingerprint density at radius 1 is 1.32 bits per heavy atom. The highest BCUT2D eigenvalue weighted by Crippen LogP contribution is 2.23. The number of hydrogen-bond acceptors (Lipinski definition) is 4. The third kappa shape index (κ3) is 7.06. The largest absolute Gasteiger partial charge is 0.492 e. The minimum Gasteiger partial charge on any atom is -0.492 e. The van der Waals surface area contributed by atoms with Crippen LogP contribution in [0.15, 0.2) is 18.2 Å². The molecule has 1 N–H and O–H groups in total. The molecule has 0 spiro atoms. The third-order valence-electron chi connectivity index (χ3n) is 2.51. The minimum absolute atomic E-state index is 0.698. The van der Waals surface area contributed by atoms with Crippen molar-refractivity contribution >= 4 is 23.4 Å². The van der Waals surface area contributed by atoms with Gasteiger partial charge in [0.1, 0.15) is 5.75 Å². The molecule has 0 aliphatic rings. The molecule has 0 aliphatic carbocycles. The number of hydrogen-bond donors (Lipinski definition) is 1. The van der Waals surface area contributed by atoms with Gasteiger partial charge in [0.25, 0.3) is 0 Å². The lowest BCUT2D eigenvalue weighted by Gasteiger charge is -2.12. The van der Waals surface area contributed by atoms with E-state index in [-0.39, 0.29) is 0 Å². The summed E-state index contributed by atoms with van der Waals surface area (Å²) in [5.74, 6) is 3.04. The van der Waals surface area contributed by atoms with Crippen molar-refractivity contribution in [3.63, 3.8) is 0 Å². The van der Waals surface area contributed by atoms with E-state index in [1.54, 1.807) is 7.11 Å². The number of benzene rings is 1. The van der Waals surface area contributed by atoms with E-state index in [9.17, 15) is 0 Å². The number of nitrogens with one attached hydrogen (secondary N) is 1. The molecule has 0 bridgehead atoms. The monoisotopic (exact) mass is 303 g/mol. The Balaban J connectivity index is 2.48. The van der Waals surface area contributed by atoms with Crippen molar-refractivity contribution in [3.05, 3.63) is 28.8 Å². The first-order chi connectivity index (χ1) is 9.27. The fraction of sp³-hybridized carbons (Fsp3) is 0.571. The molecule has 0 saturated carbocycles. The van der Waals surface area contributed by atoms with Crippen LogP contribution < -0.4 is 10.1 Å². The summed E-state index contributed by atoms with van der Waals surface area (Å²) in [4.78, 5) is 0. The van der Waals surface area contributed by atoms with Crippen molar-refractivity contribution in [1.29, 1.82) is 0 Å². The van der Waals surface area contributed by atoms with Crippen LogP contribution in [-0.2, 0) is 11.3 Å². The number of methoxy groups -OCH3 is 1. The van der Waals surface area contributed by atoms with E-state index in [4.69, 9.17) is 21.1 Å². The molecule has 0 amide bonds. The topological polar surface area (TPSA) is 30.5 Å². The Kier molecular flexibility index (Phi) is 9.08. The maximum Gasteiger partial charge on any atom is 0.123 e. The van der Waals surface area contributed by atoms with E-state index in [1.807, 2.05) is 30.0 Å². The van der Waals surface area contributed by atoms with Gasteiger partial charge in [-0.05, 0) is 24.0 Å². The molecule has 0 fully saturated rings. The van der Waals surface area contributed by atoms with Crippen molar-refractivity contribution in [2.75, 3.05) is 38.4 Å². The third-order valence-corrected chi connectivity index (χ3v) is 3.61. The Morgan fingerprint density at radius 2 is 2.16 bits per heavy atom. The van der Waals surface area contributed by atoms with Crippen molar-refractivity contribution in [2.24, 2.45) is 0 Å². The number of rotatable bonds is 10. The average molecular weight is 304 g/mol. The molecule has 1 aromatic carbocycles. The van der Waals surface area contributed by atoms with Gasteiger partial charge < -0.3 is 14.8 Å². The van der Waals surface area contributed by atoms with Crippen molar-refractivity contribution in [3.8, 4) is 5.75 Å². The van der Waals surface area contributed by atoms with E-state index >= 15 is 0 Å². The molecule has 0 heterocycles. The summed E-state index contributed by atoms with van der Waals surface area (Å²) >= 11 is 7.91. The predicted molar refractivity (Wildman–Crippen MR) is 83.5 cm³/mol. The molecule has 0 atom stereocenters. The number of thioether (sulfide) groups is 1. The summed E-state index contributed by atoms with van der Waals surface area (Å²) in [6.07, 6.45) is 0. The van der Waals surface area contributed by atoms with Gasteiger partial charge in [-0.25, -0.2) is 0 Å². The molecule has 0 saturated heterocycles. The molecule has 0 aromatic heterocycles. The van der Waals surface area contributed by atoms with Crippen LogP contribution in [-0.4, -0.2) is 38.4 Å². The van der Waals surface area contributed by atoms with Gasteiger partial charge in [0.15, 0.2) is 0 Å². The highest BCUT2D eigenvalue weighted by molar-refractivity contribution is 7.99. The number of halogens is 1. The van der Waals surface area contributed by atoms with Gasteiger partial charge in [0.05, 0.1) is 13.2 Å². The fourth-order valence-corrected chi connectivity index (χ4v) is 2.26. The molecule has 0 aliphatic heterocycles. The quantitative estimate of drug-likeness (QED) is 0.672. The van der Waals surface area contributed by atoms with E-state index in [1.165, 1.54) is 0 Å². The van der Waals surface area contributed by atoms with Crippen molar-refractivity contribution in [2.45, 2.75) is 13.5 Å². The first-order valence-electron chi connectivity index (χ1n) is 6.46. The summed E-state index contributed by atoms with van der Waals surface area (Å²) in [7, 11) is 1.70. The molecule has 19 heavy (non-hydrogen) atoms. The van der Waals surface area contributed by atoms with Gasteiger partial charge in [-0.1, -0.05) is 18.5 Å². The Labute approximate surface area is 125 Å². The molecular weight excluding hydrogens is 282 g/mol. The van der Waals surface area contributed by atoms with Gasteiger partial charge in [0.2, 0.25) is 0 Å². The Bertz CT molecular complexity index is 363. The maximum absolute atomic E-state index is 6.03. The zero-order valence-electron chi connectivity index (χ0n) is 11.6. The second-order valence-electron chi connectivity index (χ2n) is 3.97. The second kappa shape index (κ2) is 10.4. The summed E-state index contributed by atoms with van der Waals surface area (Å²) in [6, 6.07) is 5.75. The van der Waals surface area contributed by atoms with Crippen LogP contribution in [0.2, 0.25) is 5.02 Å². The lowest BCUT2D eigenvalue weighted by Crippen LogP contribution is -2.19. The van der Waals surface area contributed by atoms with Gasteiger partial charge in [-0.2, -0.15) is 11.8 Å². The first kappa shape index (κ1) is 16.6. The van der Waals surface area contributed by atoms with Crippen LogP contribution in [0.3, 0.4) is 0 Å². The van der Waals surface area contributed by atoms with Gasteiger partial charge in [-0.15, -0.1) is 0 Å². The highest BCUT2D eigenvalue weighted by atomic mass is 35.5. The van der Waals surface area contributed by atoms with E-state index < -0.39 is 0 Å². The van der Waals surface area contributed by atoms with Crippen LogP contribution in [0, 0.1) is 0 Å². The summed E-state index contributed by atoms with van der Waals surface area (Å²) in [5.41, 5.74) is 1.09. The molecule has 0 radical (unpaired) electrons. The van der Waals surface area contributed by atoms with E-state index in [2.05, 4.69) is 12.2 Å². The van der Waals surface area contributed by atoms with Gasteiger partial charge in [-0.3, -0.25) is 0 Å². The van der Waals surface area contributed by atoms with Crippen molar-refractivity contribution < 1.29 is 9.47 Å². The Hall–Kier alpha value is -0.420. The van der Waals surface area contributed by atoms with E-state index in [0.717, 1.165) is 47.5 Å². The lowest BCUT2D eigenvalue weighted by molar-refractivity contribution is 0.199. The maximum atomic E-state index is 6.03. The smallest absolute Gasteiger partial charge is 0.123 e. The van der Waals surface area contributed by atoms with Gasteiger partial charge >= 0.3 is 0 Å². The zero-order chi connectivity index (χ0) is 13.9. The lowest BCUT2D eigenvalue weighted by atomic mass is 10.2. The summed E-state index contributed by atoms with van der Waals surface area (Å²) < 4.78 is 10.8. The average Bonchev–Trinajstić information content (AvgIpc) is 2.41. The van der Waals surface area contributed by atoms with Crippen molar-refractivity contribution in [1.82, 2.24) is 5.32 Å². The molecule has 1 aromatic rings.